The van der Waals surface area contributed by atoms with Crippen molar-refractivity contribution in [2.45, 2.75) is 31.7 Å². The summed E-state index contributed by atoms with van der Waals surface area (Å²) in [5.74, 6) is 1.29. The summed E-state index contributed by atoms with van der Waals surface area (Å²) in [7, 11) is 0. The van der Waals surface area contributed by atoms with Crippen LogP contribution in [0, 0.1) is 0 Å². The molecule has 132 valence electrons. The van der Waals surface area contributed by atoms with Gasteiger partial charge < -0.3 is 9.32 Å². The van der Waals surface area contributed by atoms with E-state index in [1.807, 2.05) is 23.1 Å². The van der Waals surface area contributed by atoms with Gasteiger partial charge >= 0.3 is 0 Å². The van der Waals surface area contributed by atoms with Crippen molar-refractivity contribution < 1.29 is 9.21 Å². The second-order valence-corrected chi connectivity index (χ2v) is 6.45. The Balaban J connectivity index is 1.54. The van der Waals surface area contributed by atoms with Crippen molar-refractivity contribution in [2.24, 2.45) is 0 Å². The van der Waals surface area contributed by atoms with E-state index in [-0.39, 0.29) is 11.9 Å². The standard InChI is InChI=1S/C20H20N4O2/c25-20(17-9-6-11-22-23-17)24-12-5-4-10-18(24)19-21-14-16(26-19)13-15-7-2-1-3-8-15/h1-3,6-9,11,14,18H,4-5,10,12-13H2. The van der Waals surface area contributed by atoms with Crippen LogP contribution in [0.5, 0.6) is 0 Å². The summed E-state index contributed by atoms with van der Waals surface area (Å²) in [6.07, 6.45) is 6.89. The first kappa shape index (κ1) is 16.4. The van der Waals surface area contributed by atoms with Crippen LogP contribution in [0.15, 0.2) is 59.3 Å². The maximum absolute atomic E-state index is 12.8. The Morgan fingerprint density at radius 2 is 2.04 bits per heavy atom. The number of aromatic nitrogens is 3. The van der Waals surface area contributed by atoms with Gasteiger partial charge in [0.1, 0.15) is 11.8 Å². The Bertz CT molecular complexity index is 864. The van der Waals surface area contributed by atoms with Crippen molar-refractivity contribution in [2.75, 3.05) is 6.54 Å². The van der Waals surface area contributed by atoms with E-state index in [0.29, 0.717) is 24.6 Å². The smallest absolute Gasteiger partial charge is 0.275 e. The maximum Gasteiger partial charge on any atom is 0.275 e. The number of hydrogen-bond donors (Lipinski definition) is 0. The molecule has 1 amide bonds. The number of carbonyl (C=O) groups is 1. The molecule has 1 saturated heterocycles. The lowest BCUT2D eigenvalue weighted by Crippen LogP contribution is -2.39. The van der Waals surface area contributed by atoms with E-state index in [9.17, 15) is 4.79 Å². The van der Waals surface area contributed by atoms with Gasteiger partial charge in [-0.15, -0.1) is 5.10 Å². The second kappa shape index (κ2) is 7.47. The van der Waals surface area contributed by atoms with Crippen molar-refractivity contribution in [3.63, 3.8) is 0 Å². The largest absolute Gasteiger partial charge is 0.443 e. The van der Waals surface area contributed by atoms with Crippen molar-refractivity contribution in [3.05, 3.63) is 77.8 Å². The number of hydrogen-bond acceptors (Lipinski definition) is 5. The van der Waals surface area contributed by atoms with Gasteiger partial charge in [-0.1, -0.05) is 30.3 Å². The lowest BCUT2D eigenvalue weighted by Gasteiger charge is -2.33. The van der Waals surface area contributed by atoms with E-state index < -0.39 is 0 Å². The molecule has 6 nitrogen and oxygen atoms in total. The third-order valence-electron chi connectivity index (χ3n) is 4.63. The Hall–Kier alpha value is -3.02. The molecule has 1 aliphatic rings. The fourth-order valence-corrected chi connectivity index (χ4v) is 3.35. The fourth-order valence-electron chi connectivity index (χ4n) is 3.35. The summed E-state index contributed by atoms with van der Waals surface area (Å²) in [6.45, 7) is 0.677. The normalized spacial score (nSPS) is 17.2. The van der Waals surface area contributed by atoms with Crippen molar-refractivity contribution in [1.82, 2.24) is 20.1 Å². The number of carbonyl (C=O) groups excluding carboxylic acids is 1. The molecule has 0 bridgehead atoms. The fraction of sp³-hybridized carbons (Fsp3) is 0.300. The van der Waals surface area contributed by atoms with Crippen LogP contribution in [0.1, 0.15) is 53.0 Å². The Labute approximate surface area is 151 Å². The molecule has 26 heavy (non-hydrogen) atoms. The molecule has 4 rings (SSSR count). The highest BCUT2D eigenvalue weighted by molar-refractivity contribution is 5.92. The van der Waals surface area contributed by atoms with Crippen LogP contribution in [-0.4, -0.2) is 32.5 Å². The quantitative estimate of drug-likeness (QED) is 0.722. The van der Waals surface area contributed by atoms with Gasteiger partial charge in [0.15, 0.2) is 5.69 Å². The zero-order chi connectivity index (χ0) is 17.8. The van der Waals surface area contributed by atoms with Crippen LogP contribution in [0.3, 0.4) is 0 Å². The SMILES string of the molecule is O=C(c1cccnn1)N1CCCCC1c1ncc(Cc2ccccc2)o1. The van der Waals surface area contributed by atoms with Crippen LogP contribution in [-0.2, 0) is 6.42 Å². The summed E-state index contributed by atoms with van der Waals surface area (Å²) < 4.78 is 6.00. The van der Waals surface area contributed by atoms with Crippen LogP contribution in [0.2, 0.25) is 0 Å². The van der Waals surface area contributed by atoms with Crippen LogP contribution >= 0.6 is 0 Å². The van der Waals surface area contributed by atoms with E-state index in [1.54, 1.807) is 24.5 Å². The van der Waals surface area contributed by atoms with Crippen LogP contribution in [0.25, 0.3) is 0 Å². The predicted octanol–water partition coefficient (Wildman–Crippen LogP) is 3.42. The summed E-state index contributed by atoms with van der Waals surface area (Å²) in [6, 6.07) is 13.4. The Morgan fingerprint density at radius 1 is 1.15 bits per heavy atom. The van der Waals surface area contributed by atoms with E-state index in [4.69, 9.17) is 4.42 Å². The third-order valence-corrected chi connectivity index (χ3v) is 4.63. The lowest BCUT2D eigenvalue weighted by molar-refractivity contribution is 0.0562. The predicted molar refractivity (Wildman–Crippen MR) is 95.4 cm³/mol. The first-order valence-corrected chi connectivity index (χ1v) is 8.88. The summed E-state index contributed by atoms with van der Waals surface area (Å²) >= 11 is 0. The van der Waals surface area contributed by atoms with Crippen molar-refractivity contribution in [3.8, 4) is 0 Å². The molecular formula is C20H20N4O2. The summed E-state index contributed by atoms with van der Waals surface area (Å²) in [5.41, 5.74) is 1.53. The summed E-state index contributed by atoms with van der Waals surface area (Å²) in [4.78, 5) is 19.1. The van der Waals surface area contributed by atoms with E-state index in [2.05, 4.69) is 27.3 Å². The van der Waals surface area contributed by atoms with Gasteiger partial charge in [-0.05, 0) is 37.0 Å². The Kier molecular flexibility index (Phi) is 4.73. The minimum Gasteiger partial charge on any atom is -0.443 e. The monoisotopic (exact) mass is 348 g/mol. The number of oxazole rings is 1. The summed E-state index contributed by atoms with van der Waals surface area (Å²) in [5, 5.41) is 7.76. The van der Waals surface area contributed by atoms with Gasteiger partial charge in [0.2, 0.25) is 5.89 Å². The van der Waals surface area contributed by atoms with Crippen molar-refractivity contribution in [1.29, 1.82) is 0 Å². The third kappa shape index (κ3) is 3.49. The zero-order valence-corrected chi connectivity index (χ0v) is 14.4. The molecule has 1 unspecified atom stereocenters. The highest BCUT2D eigenvalue weighted by Crippen LogP contribution is 2.31. The van der Waals surface area contributed by atoms with Gasteiger partial charge in [-0.3, -0.25) is 4.79 Å². The molecule has 1 atom stereocenters. The van der Waals surface area contributed by atoms with Gasteiger partial charge in [-0.25, -0.2) is 4.98 Å². The highest BCUT2D eigenvalue weighted by atomic mass is 16.4. The molecule has 3 aromatic rings. The maximum atomic E-state index is 12.8. The molecule has 0 aliphatic carbocycles. The molecule has 0 saturated carbocycles. The average molecular weight is 348 g/mol. The first-order valence-electron chi connectivity index (χ1n) is 8.88. The number of amides is 1. The number of nitrogens with zero attached hydrogens (tertiary/aromatic N) is 4. The Morgan fingerprint density at radius 3 is 2.85 bits per heavy atom. The molecule has 0 N–H and O–H groups in total. The number of rotatable bonds is 4. The van der Waals surface area contributed by atoms with Crippen LogP contribution < -0.4 is 0 Å². The number of piperidine rings is 1. The lowest BCUT2D eigenvalue weighted by atomic mass is 10.0. The zero-order valence-electron chi connectivity index (χ0n) is 14.4. The van der Waals surface area contributed by atoms with Gasteiger partial charge in [0, 0.05) is 19.2 Å². The van der Waals surface area contributed by atoms with Gasteiger partial charge in [-0.2, -0.15) is 5.10 Å². The molecule has 1 aliphatic heterocycles. The van der Waals surface area contributed by atoms with Crippen LogP contribution in [0.4, 0.5) is 0 Å². The van der Waals surface area contributed by atoms with Gasteiger partial charge in [0.05, 0.1) is 6.20 Å². The number of benzene rings is 1. The van der Waals surface area contributed by atoms with E-state index in [1.165, 1.54) is 5.56 Å². The topological polar surface area (TPSA) is 72.1 Å². The average Bonchev–Trinajstić information content (AvgIpc) is 3.17. The molecule has 1 fully saturated rings. The number of likely N-dealkylation sites (tertiary alicyclic amines) is 1. The van der Waals surface area contributed by atoms with Gasteiger partial charge in [0.25, 0.3) is 5.91 Å². The molecule has 0 radical (unpaired) electrons. The van der Waals surface area contributed by atoms with E-state index in [0.717, 1.165) is 25.0 Å². The molecule has 6 heteroatoms. The van der Waals surface area contributed by atoms with E-state index >= 15 is 0 Å². The molecule has 1 aromatic carbocycles. The molecule has 3 heterocycles. The van der Waals surface area contributed by atoms with Crippen molar-refractivity contribution >= 4 is 5.91 Å². The first-order chi connectivity index (χ1) is 12.8. The molecule has 2 aromatic heterocycles. The molecule has 0 spiro atoms. The second-order valence-electron chi connectivity index (χ2n) is 6.45. The molecular weight excluding hydrogens is 328 g/mol. The highest BCUT2D eigenvalue weighted by Gasteiger charge is 2.32. The minimum absolute atomic E-state index is 0.120. The minimum atomic E-state index is -0.150.